The van der Waals surface area contributed by atoms with Gasteiger partial charge >= 0.3 is 0 Å². The number of benzene rings is 1. The minimum absolute atomic E-state index is 0.323. The maximum atomic E-state index is 5.98. The SMILES string of the molecule is CC1CC(N)CCN1Cc1nc(-c2ccccc2)no1. The standard InChI is InChI=1S/C15H20N4O/c1-11-9-13(16)7-8-19(11)10-14-17-15(18-20-14)12-5-3-2-4-6-12/h2-6,11,13H,7-10,16H2,1H3. The first-order chi connectivity index (χ1) is 9.72. The molecular formula is C15H20N4O. The molecule has 1 aliphatic rings. The zero-order chi connectivity index (χ0) is 13.9. The summed E-state index contributed by atoms with van der Waals surface area (Å²) in [5.74, 6) is 1.33. The molecule has 0 bridgehead atoms. The lowest BCUT2D eigenvalue weighted by Crippen LogP contribution is -2.45. The Labute approximate surface area is 118 Å². The van der Waals surface area contributed by atoms with Crippen molar-refractivity contribution >= 4 is 0 Å². The van der Waals surface area contributed by atoms with Gasteiger partial charge in [0.05, 0.1) is 6.54 Å². The number of likely N-dealkylation sites (tertiary alicyclic amines) is 1. The van der Waals surface area contributed by atoms with E-state index < -0.39 is 0 Å². The predicted octanol–water partition coefficient (Wildman–Crippen LogP) is 2.05. The highest BCUT2D eigenvalue weighted by atomic mass is 16.5. The molecule has 0 aliphatic carbocycles. The molecule has 2 heterocycles. The Balaban J connectivity index is 1.69. The lowest BCUT2D eigenvalue weighted by molar-refractivity contribution is 0.124. The van der Waals surface area contributed by atoms with Gasteiger partial charge in [-0.2, -0.15) is 4.98 Å². The van der Waals surface area contributed by atoms with Crippen molar-refractivity contribution in [3.63, 3.8) is 0 Å². The van der Waals surface area contributed by atoms with Gasteiger partial charge in [0.25, 0.3) is 0 Å². The number of nitrogens with zero attached hydrogens (tertiary/aromatic N) is 3. The van der Waals surface area contributed by atoms with Crippen LogP contribution >= 0.6 is 0 Å². The normalized spacial score (nSPS) is 23.9. The molecular weight excluding hydrogens is 252 g/mol. The average molecular weight is 272 g/mol. The van der Waals surface area contributed by atoms with E-state index in [0.717, 1.165) is 24.9 Å². The largest absolute Gasteiger partial charge is 0.338 e. The smallest absolute Gasteiger partial charge is 0.241 e. The van der Waals surface area contributed by atoms with Crippen molar-refractivity contribution in [3.05, 3.63) is 36.2 Å². The predicted molar refractivity (Wildman–Crippen MR) is 76.8 cm³/mol. The molecule has 1 aromatic carbocycles. The molecule has 0 saturated carbocycles. The van der Waals surface area contributed by atoms with Crippen LogP contribution in [-0.4, -0.2) is 33.7 Å². The van der Waals surface area contributed by atoms with Crippen LogP contribution in [0.15, 0.2) is 34.9 Å². The molecule has 2 aromatic rings. The Bertz CT molecular complexity index is 554. The molecule has 0 amide bonds. The third-order valence-corrected chi connectivity index (χ3v) is 3.89. The second-order valence-corrected chi connectivity index (χ2v) is 5.48. The molecule has 106 valence electrons. The average Bonchev–Trinajstić information content (AvgIpc) is 2.92. The molecule has 2 unspecified atom stereocenters. The van der Waals surface area contributed by atoms with Crippen molar-refractivity contribution in [3.8, 4) is 11.4 Å². The topological polar surface area (TPSA) is 68.2 Å². The third kappa shape index (κ3) is 2.89. The minimum Gasteiger partial charge on any atom is -0.338 e. The van der Waals surface area contributed by atoms with E-state index in [2.05, 4.69) is 22.0 Å². The van der Waals surface area contributed by atoms with E-state index in [1.165, 1.54) is 0 Å². The van der Waals surface area contributed by atoms with Crippen LogP contribution in [0.5, 0.6) is 0 Å². The van der Waals surface area contributed by atoms with Crippen LogP contribution in [-0.2, 0) is 6.54 Å². The van der Waals surface area contributed by atoms with Crippen LogP contribution in [0.2, 0.25) is 0 Å². The molecule has 5 nitrogen and oxygen atoms in total. The Hall–Kier alpha value is -1.72. The lowest BCUT2D eigenvalue weighted by Gasteiger charge is -2.35. The van der Waals surface area contributed by atoms with Crippen LogP contribution < -0.4 is 5.73 Å². The van der Waals surface area contributed by atoms with Crippen LogP contribution in [0.4, 0.5) is 0 Å². The summed E-state index contributed by atoms with van der Waals surface area (Å²) < 4.78 is 5.36. The highest BCUT2D eigenvalue weighted by Gasteiger charge is 2.24. The fourth-order valence-corrected chi connectivity index (χ4v) is 2.69. The molecule has 2 N–H and O–H groups in total. The summed E-state index contributed by atoms with van der Waals surface area (Å²) in [5.41, 5.74) is 6.97. The van der Waals surface area contributed by atoms with E-state index in [0.29, 0.717) is 30.3 Å². The third-order valence-electron chi connectivity index (χ3n) is 3.89. The molecule has 1 fully saturated rings. The second kappa shape index (κ2) is 5.73. The fraction of sp³-hybridized carbons (Fsp3) is 0.467. The number of rotatable bonds is 3. The van der Waals surface area contributed by atoms with E-state index in [9.17, 15) is 0 Å². The van der Waals surface area contributed by atoms with Crippen molar-refractivity contribution in [1.82, 2.24) is 15.0 Å². The summed E-state index contributed by atoms with van der Waals surface area (Å²) in [5, 5.41) is 4.05. The van der Waals surface area contributed by atoms with Crippen molar-refractivity contribution in [2.75, 3.05) is 6.54 Å². The van der Waals surface area contributed by atoms with E-state index in [4.69, 9.17) is 10.3 Å². The van der Waals surface area contributed by atoms with Crippen LogP contribution in [0.1, 0.15) is 25.7 Å². The van der Waals surface area contributed by atoms with Gasteiger partial charge in [-0.1, -0.05) is 35.5 Å². The number of aromatic nitrogens is 2. The first-order valence-corrected chi connectivity index (χ1v) is 7.10. The maximum absolute atomic E-state index is 5.98. The van der Waals surface area contributed by atoms with Crippen LogP contribution in [0, 0.1) is 0 Å². The first kappa shape index (κ1) is 13.3. The molecule has 3 rings (SSSR count). The summed E-state index contributed by atoms with van der Waals surface area (Å²) >= 11 is 0. The molecule has 5 heteroatoms. The van der Waals surface area contributed by atoms with Gasteiger partial charge in [0, 0.05) is 24.2 Å². The maximum Gasteiger partial charge on any atom is 0.241 e. The van der Waals surface area contributed by atoms with Crippen molar-refractivity contribution < 1.29 is 4.52 Å². The number of nitrogens with two attached hydrogens (primary N) is 1. The van der Waals surface area contributed by atoms with Gasteiger partial charge in [-0.05, 0) is 19.8 Å². The van der Waals surface area contributed by atoms with Crippen molar-refractivity contribution in [2.24, 2.45) is 5.73 Å². The quantitative estimate of drug-likeness (QED) is 0.926. The highest BCUT2D eigenvalue weighted by molar-refractivity contribution is 5.53. The van der Waals surface area contributed by atoms with Crippen LogP contribution in [0.25, 0.3) is 11.4 Å². The Morgan fingerprint density at radius 2 is 2.15 bits per heavy atom. The molecule has 2 atom stereocenters. The summed E-state index contributed by atoms with van der Waals surface area (Å²) in [6, 6.07) is 10.7. The summed E-state index contributed by atoms with van der Waals surface area (Å²) in [4.78, 5) is 6.83. The fourth-order valence-electron chi connectivity index (χ4n) is 2.69. The zero-order valence-corrected chi connectivity index (χ0v) is 11.7. The second-order valence-electron chi connectivity index (χ2n) is 5.48. The van der Waals surface area contributed by atoms with Gasteiger partial charge in [-0.3, -0.25) is 4.90 Å². The van der Waals surface area contributed by atoms with Crippen LogP contribution in [0.3, 0.4) is 0 Å². The Morgan fingerprint density at radius 1 is 1.35 bits per heavy atom. The van der Waals surface area contributed by atoms with Crippen molar-refractivity contribution in [1.29, 1.82) is 0 Å². The number of hydrogen-bond acceptors (Lipinski definition) is 5. The van der Waals surface area contributed by atoms with Gasteiger partial charge < -0.3 is 10.3 Å². The van der Waals surface area contributed by atoms with Gasteiger partial charge in [0.1, 0.15) is 0 Å². The monoisotopic (exact) mass is 272 g/mol. The zero-order valence-electron chi connectivity index (χ0n) is 11.7. The van der Waals surface area contributed by atoms with E-state index in [-0.39, 0.29) is 0 Å². The summed E-state index contributed by atoms with van der Waals surface area (Å²) in [6.45, 7) is 3.90. The molecule has 1 aliphatic heterocycles. The molecule has 0 radical (unpaired) electrons. The molecule has 0 spiro atoms. The van der Waals surface area contributed by atoms with E-state index in [1.807, 2.05) is 30.3 Å². The molecule has 1 saturated heterocycles. The molecule has 20 heavy (non-hydrogen) atoms. The Kier molecular flexibility index (Phi) is 3.80. The first-order valence-electron chi connectivity index (χ1n) is 7.10. The molecule has 1 aromatic heterocycles. The number of piperidine rings is 1. The van der Waals surface area contributed by atoms with Gasteiger partial charge in [-0.15, -0.1) is 0 Å². The summed E-state index contributed by atoms with van der Waals surface area (Å²) in [7, 11) is 0. The van der Waals surface area contributed by atoms with Gasteiger partial charge in [-0.25, -0.2) is 0 Å². The highest BCUT2D eigenvalue weighted by Crippen LogP contribution is 2.20. The summed E-state index contributed by atoms with van der Waals surface area (Å²) in [6.07, 6.45) is 2.06. The van der Waals surface area contributed by atoms with E-state index in [1.54, 1.807) is 0 Å². The van der Waals surface area contributed by atoms with E-state index >= 15 is 0 Å². The van der Waals surface area contributed by atoms with Gasteiger partial charge in [0.2, 0.25) is 11.7 Å². The van der Waals surface area contributed by atoms with Crippen molar-refractivity contribution in [2.45, 2.75) is 38.4 Å². The van der Waals surface area contributed by atoms with Gasteiger partial charge in [0.15, 0.2) is 0 Å². The minimum atomic E-state index is 0.323. The Morgan fingerprint density at radius 3 is 2.90 bits per heavy atom. The number of hydrogen-bond donors (Lipinski definition) is 1. The lowest BCUT2D eigenvalue weighted by atomic mass is 9.99.